The average molecular weight is 453 g/mol. The molecule has 0 bridgehead atoms. The smallest absolute Gasteiger partial charge is 0.0645 e. The van der Waals surface area contributed by atoms with Crippen LogP contribution in [0.2, 0.25) is 0 Å². The molecule has 0 saturated heterocycles. The van der Waals surface area contributed by atoms with E-state index in [1.807, 2.05) is 19.1 Å². The number of anilines is 1. The topological polar surface area (TPSA) is 29.3 Å². The van der Waals surface area contributed by atoms with Crippen molar-refractivity contribution in [2.75, 3.05) is 4.90 Å². The molecule has 0 aromatic heterocycles. The lowest BCUT2D eigenvalue weighted by Gasteiger charge is -2.29. The summed E-state index contributed by atoms with van der Waals surface area (Å²) >= 11 is 0. The van der Waals surface area contributed by atoms with Crippen molar-refractivity contribution in [1.82, 2.24) is 0 Å². The van der Waals surface area contributed by atoms with E-state index >= 15 is 0 Å². The first kappa shape index (κ1) is 21.2. The largest absolute Gasteiger partial charge is 0.400 e. The van der Waals surface area contributed by atoms with Crippen LogP contribution in [0.3, 0.4) is 0 Å². The summed E-state index contributed by atoms with van der Waals surface area (Å²) in [6.07, 6.45) is 10.2. The molecular weight excluding hydrogens is 424 g/mol. The minimum absolute atomic E-state index is 0.868. The summed E-state index contributed by atoms with van der Waals surface area (Å²) in [5, 5.41) is 2.64. The van der Waals surface area contributed by atoms with E-state index in [0.29, 0.717) is 0 Å². The van der Waals surface area contributed by atoms with E-state index < -0.39 is 0 Å². The summed E-state index contributed by atoms with van der Waals surface area (Å²) in [5.41, 5.74) is 18.0. The van der Waals surface area contributed by atoms with Gasteiger partial charge in [0.25, 0.3) is 0 Å². The van der Waals surface area contributed by atoms with Crippen molar-refractivity contribution >= 4 is 16.5 Å². The molecule has 2 N–H and O–H groups in total. The van der Waals surface area contributed by atoms with Crippen molar-refractivity contribution in [2.24, 2.45) is 5.73 Å². The van der Waals surface area contributed by atoms with Crippen molar-refractivity contribution in [3.05, 3.63) is 127 Å². The maximum atomic E-state index is 6.43. The van der Waals surface area contributed by atoms with Crippen LogP contribution in [0.5, 0.6) is 0 Å². The van der Waals surface area contributed by atoms with Crippen molar-refractivity contribution in [1.29, 1.82) is 0 Å². The van der Waals surface area contributed by atoms with Crippen molar-refractivity contribution < 1.29 is 0 Å². The first-order valence-electron chi connectivity index (χ1n) is 12.2. The van der Waals surface area contributed by atoms with E-state index in [0.717, 1.165) is 35.6 Å². The third-order valence-corrected chi connectivity index (χ3v) is 7.06. The van der Waals surface area contributed by atoms with Crippen LogP contribution in [0, 0.1) is 0 Å². The average Bonchev–Trinajstić information content (AvgIpc) is 3.22. The molecule has 2 aliphatic rings. The summed E-state index contributed by atoms with van der Waals surface area (Å²) in [6, 6.07) is 28.7. The van der Waals surface area contributed by atoms with Gasteiger partial charge in [0.05, 0.1) is 5.70 Å². The minimum atomic E-state index is 0.868. The number of hydrogen-bond donors (Lipinski definition) is 1. The lowest BCUT2D eigenvalue weighted by atomic mass is 9.94. The van der Waals surface area contributed by atoms with Crippen molar-refractivity contribution in [3.8, 4) is 33.4 Å². The van der Waals surface area contributed by atoms with Gasteiger partial charge in [-0.2, -0.15) is 0 Å². The molecule has 170 valence electrons. The standard InChI is InChI=1S/C33H28N2/c1-3-9-22(2)35(32-15-7-6-14-31(32)34)24-18-16-23(17-19-24)25-20-21-30-27-11-5-4-10-26(27)29-13-8-12-28(25)33(29)30/h3-5,7-13,15-21H,2,6,14,34H2,1H3/b9-3-. The zero-order valence-corrected chi connectivity index (χ0v) is 20.0. The molecule has 0 saturated carbocycles. The van der Waals surface area contributed by atoms with E-state index in [2.05, 4.69) is 102 Å². The van der Waals surface area contributed by atoms with Gasteiger partial charge in [-0.25, -0.2) is 0 Å². The van der Waals surface area contributed by atoms with Gasteiger partial charge in [0.2, 0.25) is 0 Å². The number of hydrogen-bond acceptors (Lipinski definition) is 2. The maximum Gasteiger partial charge on any atom is 0.0645 e. The normalized spacial score (nSPS) is 14.1. The van der Waals surface area contributed by atoms with Crippen LogP contribution in [0.25, 0.3) is 44.2 Å². The van der Waals surface area contributed by atoms with E-state index in [-0.39, 0.29) is 0 Å². The fourth-order valence-electron chi connectivity index (χ4n) is 5.46. The van der Waals surface area contributed by atoms with Gasteiger partial charge < -0.3 is 10.6 Å². The van der Waals surface area contributed by atoms with Crippen LogP contribution in [-0.4, -0.2) is 0 Å². The van der Waals surface area contributed by atoms with Gasteiger partial charge in [-0.05, 0) is 88.2 Å². The number of nitrogens with two attached hydrogens (primary N) is 1. The van der Waals surface area contributed by atoms with Gasteiger partial charge in [0.1, 0.15) is 0 Å². The molecule has 0 heterocycles. The Hall–Kier alpha value is -4.30. The Morgan fingerprint density at radius 2 is 1.51 bits per heavy atom. The second-order valence-electron chi connectivity index (χ2n) is 9.16. The Morgan fingerprint density at radius 1 is 0.829 bits per heavy atom. The van der Waals surface area contributed by atoms with Crippen molar-refractivity contribution in [2.45, 2.75) is 19.8 Å². The molecule has 0 radical (unpaired) electrons. The molecule has 0 aliphatic heterocycles. The monoisotopic (exact) mass is 452 g/mol. The highest BCUT2D eigenvalue weighted by Gasteiger charge is 2.22. The number of fused-ring (bicyclic) bond motifs is 3. The molecule has 0 unspecified atom stereocenters. The molecule has 0 atom stereocenters. The fourth-order valence-corrected chi connectivity index (χ4v) is 5.46. The molecule has 35 heavy (non-hydrogen) atoms. The third kappa shape index (κ3) is 3.41. The molecule has 4 aromatic rings. The Balaban J connectivity index is 1.45. The lowest BCUT2D eigenvalue weighted by molar-refractivity contribution is 0.900. The number of rotatable bonds is 5. The molecule has 2 heteroatoms. The van der Waals surface area contributed by atoms with Crippen LogP contribution in [-0.2, 0) is 0 Å². The van der Waals surface area contributed by atoms with Gasteiger partial charge in [0, 0.05) is 17.1 Å². The van der Waals surface area contributed by atoms with Crippen LogP contribution in [0.15, 0.2) is 127 Å². The summed E-state index contributed by atoms with van der Waals surface area (Å²) in [7, 11) is 0. The minimum Gasteiger partial charge on any atom is -0.400 e. The highest BCUT2D eigenvalue weighted by atomic mass is 15.2. The first-order valence-corrected chi connectivity index (χ1v) is 12.2. The Bertz CT molecular complexity index is 1540. The predicted octanol–water partition coefficient (Wildman–Crippen LogP) is 8.57. The molecular formula is C33H28N2. The van der Waals surface area contributed by atoms with Crippen LogP contribution < -0.4 is 10.6 Å². The quantitative estimate of drug-likeness (QED) is 0.271. The van der Waals surface area contributed by atoms with Crippen LogP contribution in [0.1, 0.15) is 19.8 Å². The third-order valence-electron chi connectivity index (χ3n) is 7.06. The molecule has 0 amide bonds. The number of nitrogens with zero attached hydrogens (tertiary/aromatic N) is 1. The Morgan fingerprint density at radius 3 is 2.23 bits per heavy atom. The highest BCUT2D eigenvalue weighted by Crippen LogP contribution is 2.49. The summed E-state index contributed by atoms with van der Waals surface area (Å²) in [5.74, 6) is 0. The molecule has 4 aromatic carbocycles. The highest BCUT2D eigenvalue weighted by molar-refractivity contribution is 6.18. The zero-order valence-electron chi connectivity index (χ0n) is 20.0. The second kappa shape index (κ2) is 8.48. The molecule has 2 aliphatic carbocycles. The summed E-state index contributed by atoms with van der Waals surface area (Å²) in [4.78, 5) is 2.15. The summed E-state index contributed by atoms with van der Waals surface area (Å²) < 4.78 is 0. The van der Waals surface area contributed by atoms with Crippen LogP contribution in [0.4, 0.5) is 5.69 Å². The summed E-state index contributed by atoms with van der Waals surface area (Å²) in [6.45, 7) is 6.32. The zero-order chi connectivity index (χ0) is 23.9. The van der Waals surface area contributed by atoms with E-state index in [1.165, 1.54) is 44.2 Å². The first-order chi connectivity index (χ1) is 17.2. The van der Waals surface area contributed by atoms with E-state index in [4.69, 9.17) is 5.73 Å². The molecule has 0 fully saturated rings. The number of allylic oxidation sites excluding steroid dienone is 5. The van der Waals surface area contributed by atoms with Gasteiger partial charge in [0.15, 0.2) is 0 Å². The number of benzene rings is 4. The van der Waals surface area contributed by atoms with Gasteiger partial charge in [-0.3, -0.25) is 0 Å². The van der Waals surface area contributed by atoms with E-state index in [9.17, 15) is 0 Å². The molecule has 6 rings (SSSR count). The van der Waals surface area contributed by atoms with Crippen LogP contribution >= 0.6 is 0 Å². The van der Waals surface area contributed by atoms with Gasteiger partial charge in [-0.1, -0.05) is 85.5 Å². The molecule has 2 nitrogen and oxygen atoms in total. The van der Waals surface area contributed by atoms with Gasteiger partial charge in [-0.15, -0.1) is 0 Å². The molecule has 0 spiro atoms. The second-order valence-corrected chi connectivity index (χ2v) is 9.16. The fraction of sp³-hybridized carbons (Fsp3) is 0.0909. The van der Waals surface area contributed by atoms with Crippen molar-refractivity contribution in [3.63, 3.8) is 0 Å². The maximum absolute atomic E-state index is 6.43. The predicted molar refractivity (Wildman–Crippen MR) is 150 cm³/mol. The van der Waals surface area contributed by atoms with Gasteiger partial charge >= 0.3 is 0 Å². The Kier molecular flexibility index (Phi) is 5.15. The SMILES string of the molecule is C=C(/C=C\C)N(C1=C(N)CCC=C1)c1ccc(-c2ccc3c4c(cccc24)-c2ccccc2-3)cc1. The lowest BCUT2D eigenvalue weighted by Crippen LogP contribution is -2.24. The van der Waals surface area contributed by atoms with E-state index in [1.54, 1.807) is 0 Å². The Labute approximate surface area is 207 Å².